The summed E-state index contributed by atoms with van der Waals surface area (Å²) in [4.78, 5) is 53.7. The minimum atomic E-state index is -4.50. The van der Waals surface area contributed by atoms with Crippen LogP contribution in [0.3, 0.4) is 0 Å². The molecular formula is C43H39F3N2O7. The largest absolute Gasteiger partial charge is 0.460 e. The molecule has 0 aliphatic heterocycles. The van der Waals surface area contributed by atoms with Crippen molar-refractivity contribution in [1.29, 1.82) is 0 Å². The van der Waals surface area contributed by atoms with Gasteiger partial charge in [0.1, 0.15) is 17.9 Å². The minimum Gasteiger partial charge on any atom is -0.460 e. The van der Waals surface area contributed by atoms with Crippen molar-refractivity contribution in [1.82, 2.24) is 4.90 Å². The Hall–Kier alpha value is -6.27. The number of hydrogen-bond acceptors (Lipinski definition) is 7. The summed E-state index contributed by atoms with van der Waals surface area (Å²) in [5.74, 6) is -2.08. The Morgan fingerprint density at radius 2 is 1.38 bits per heavy atom. The van der Waals surface area contributed by atoms with E-state index in [1.165, 1.54) is 29.2 Å². The zero-order chi connectivity index (χ0) is 39.4. The maximum Gasteiger partial charge on any atom is 0.416 e. The summed E-state index contributed by atoms with van der Waals surface area (Å²) in [7, 11) is 3.15. The molecule has 55 heavy (non-hydrogen) atoms. The highest BCUT2D eigenvalue weighted by Crippen LogP contribution is 2.32. The molecule has 0 heterocycles. The highest BCUT2D eigenvalue weighted by atomic mass is 19.4. The van der Waals surface area contributed by atoms with Crippen LogP contribution in [0, 0.1) is 0 Å². The van der Waals surface area contributed by atoms with Crippen molar-refractivity contribution < 1.29 is 46.6 Å². The molecule has 0 spiro atoms. The molecule has 2 amide bonds. The van der Waals surface area contributed by atoms with E-state index in [4.69, 9.17) is 14.2 Å². The van der Waals surface area contributed by atoms with Crippen LogP contribution in [0.15, 0.2) is 121 Å². The summed E-state index contributed by atoms with van der Waals surface area (Å²) in [6.45, 7) is 0.592. The van der Waals surface area contributed by atoms with Gasteiger partial charge in [0.25, 0.3) is 11.8 Å². The molecular weight excluding hydrogens is 713 g/mol. The maximum atomic E-state index is 13.6. The SMILES string of the molecule is CN(C)C(=O)c1cc(CCCC(=O)Oc2ccccc2C(=O)OCCOCc2ccccc2)ccc1NC(=O)c1ccccc1-c1ccc(C(F)(F)F)cc1. The van der Waals surface area contributed by atoms with Crippen LogP contribution in [0.5, 0.6) is 5.75 Å². The van der Waals surface area contributed by atoms with E-state index in [-0.39, 0.29) is 53.7 Å². The number of alkyl halides is 3. The van der Waals surface area contributed by atoms with Crippen LogP contribution in [0.1, 0.15) is 60.6 Å². The van der Waals surface area contributed by atoms with Crippen molar-refractivity contribution in [3.8, 4) is 16.9 Å². The van der Waals surface area contributed by atoms with Crippen molar-refractivity contribution >= 4 is 29.4 Å². The second-order valence-electron chi connectivity index (χ2n) is 12.7. The summed E-state index contributed by atoms with van der Waals surface area (Å²) >= 11 is 0. The van der Waals surface area contributed by atoms with Gasteiger partial charge >= 0.3 is 18.1 Å². The second-order valence-corrected chi connectivity index (χ2v) is 12.7. The third-order valence-electron chi connectivity index (χ3n) is 8.41. The van der Waals surface area contributed by atoms with Crippen LogP contribution < -0.4 is 10.1 Å². The molecule has 0 radical (unpaired) electrons. The molecule has 0 fully saturated rings. The first kappa shape index (κ1) is 39.9. The molecule has 5 aromatic carbocycles. The van der Waals surface area contributed by atoms with E-state index in [1.54, 1.807) is 68.7 Å². The van der Waals surface area contributed by atoms with E-state index in [0.717, 1.165) is 23.3 Å². The molecule has 0 aliphatic rings. The first-order chi connectivity index (χ1) is 26.4. The van der Waals surface area contributed by atoms with Crippen LogP contribution in [-0.4, -0.2) is 56.0 Å². The Bertz CT molecular complexity index is 2120. The van der Waals surface area contributed by atoms with Crippen molar-refractivity contribution in [3.05, 3.63) is 155 Å². The predicted octanol–water partition coefficient (Wildman–Crippen LogP) is 8.63. The van der Waals surface area contributed by atoms with Crippen molar-refractivity contribution in [2.24, 2.45) is 0 Å². The molecule has 0 bridgehead atoms. The molecule has 5 aromatic rings. The number of benzene rings is 5. The zero-order valence-corrected chi connectivity index (χ0v) is 30.2. The topological polar surface area (TPSA) is 111 Å². The molecule has 0 aliphatic carbocycles. The maximum absolute atomic E-state index is 13.6. The first-order valence-corrected chi connectivity index (χ1v) is 17.4. The number of nitrogens with one attached hydrogen (secondary N) is 1. The number of aryl methyl sites for hydroxylation is 1. The monoisotopic (exact) mass is 752 g/mol. The average molecular weight is 753 g/mol. The molecule has 12 heteroatoms. The van der Waals surface area contributed by atoms with Gasteiger partial charge in [0.15, 0.2) is 0 Å². The third-order valence-corrected chi connectivity index (χ3v) is 8.41. The quantitative estimate of drug-likeness (QED) is 0.0648. The van der Waals surface area contributed by atoms with Gasteiger partial charge in [0.2, 0.25) is 0 Å². The van der Waals surface area contributed by atoms with E-state index in [2.05, 4.69) is 5.32 Å². The Balaban J connectivity index is 1.18. The standard InChI is InChI=1S/C43H39F3N2O7/c1-48(2)41(51)36-27-29(19-24-37(36)47-40(50)34-15-7-6-14-33(34)31-20-22-32(23-21-31)43(44,45)46)13-10-18-39(49)55-38-17-9-8-16-35(38)42(52)54-26-25-53-28-30-11-4-3-5-12-30/h3-9,11-12,14-17,19-24,27H,10,13,18,25-26,28H2,1-2H3,(H,47,50). The van der Waals surface area contributed by atoms with Gasteiger partial charge in [-0.25, -0.2) is 4.79 Å². The van der Waals surface area contributed by atoms with E-state index in [1.807, 2.05) is 30.3 Å². The van der Waals surface area contributed by atoms with Crippen LogP contribution in [0.25, 0.3) is 11.1 Å². The van der Waals surface area contributed by atoms with Crippen molar-refractivity contribution in [2.75, 3.05) is 32.6 Å². The predicted molar refractivity (Wildman–Crippen MR) is 201 cm³/mol. The van der Waals surface area contributed by atoms with Gasteiger partial charge in [-0.1, -0.05) is 78.9 Å². The smallest absolute Gasteiger partial charge is 0.416 e. The number of para-hydroxylation sites is 1. The molecule has 0 atom stereocenters. The molecule has 0 saturated heterocycles. The van der Waals surface area contributed by atoms with Gasteiger partial charge < -0.3 is 24.4 Å². The fourth-order valence-corrected chi connectivity index (χ4v) is 5.61. The first-order valence-electron chi connectivity index (χ1n) is 17.4. The lowest BCUT2D eigenvalue weighted by atomic mass is 9.97. The Morgan fingerprint density at radius 1 is 0.709 bits per heavy atom. The van der Waals surface area contributed by atoms with Crippen LogP contribution in [0.4, 0.5) is 18.9 Å². The van der Waals surface area contributed by atoms with Gasteiger partial charge in [-0.2, -0.15) is 13.2 Å². The zero-order valence-electron chi connectivity index (χ0n) is 30.2. The number of amides is 2. The number of halogens is 3. The number of carbonyl (C=O) groups excluding carboxylic acids is 4. The second kappa shape index (κ2) is 18.7. The number of carbonyl (C=O) groups is 4. The molecule has 9 nitrogen and oxygen atoms in total. The molecule has 284 valence electrons. The van der Waals surface area contributed by atoms with Crippen molar-refractivity contribution in [3.63, 3.8) is 0 Å². The fourth-order valence-electron chi connectivity index (χ4n) is 5.61. The number of rotatable bonds is 15. The molecule has 0 saturated carbocycles. The summed E-state index contributed by atoms with van der Waals surface area (Å²) in [5.41, 5.74) is 2.50. The van der Waals surface area contributed by atoms with Gasteiger partial charge in [0, 0.05) is 26.1 Å². The Kier molecular flexibility index (Phi) is 13.5. The lowest BCUT2D eigenvalue weighted by Crippen LogP contribution is -2.24. The Morgan fingerprint density at radius 3 is 2.09 bits per heavy atom. The van der Waals surface area contributed by atoms with Gasteiger partial charge in [-0.05, 0) is 77.6 Å². The Labute approximate surface area is 316 Å². The number of anilines is 1. The van der Waals surface area contributed by atoms with E-state index >= 15 is 0 Å². The van der Waals surface area contributed by atoms with Crippen molar-refractivity contribution in [2.45, 2.75) is 32.0 Å². The van der Waals surface area contributed by atoms with Gasteiger partial charge in [-0.15, -0.1) is 0 Å². The van der Waals surface area contributed by atoms with Crippen LogP contribution in [-0.2, 0) is 33.5 Å². The lowest BCUT2D eigenvalue weighted by molar-refractivity contribution is -0.137. The summed E-state index contributed by atoms with van der Waals surface area (Å²) in [6.07, 6.45) is -3.75. The average Bonchev–Trinajstić information content (AvgIpc) is 3.18. The summed E-state index contributed by atoms with van der Waals surface area (Å²) in [5, 5.41) is 2.79. The number of nitrogens with zero attached hydrogens (tertiary/aromatic N) is 1. The fraction of sp³-hybridized carbons (Fsp3) is 0.209. The lowest BCUT2D eigenvalue weighted by Gasteiger charge is -2.17. The number of esters is 2. The molecule has 1 N–H and O–H groups in total. The van der Waals surface area contributed by atoms with E-state index in [0.29, 0.717) is 30.6 Å². The van der Waals surface area contributed by atoms with E-state index < -0.39 is 29.6 Å². The van der Waals surface area contributed by atoms with Gasteiger partial charge in [0.05, 0.1) is 30.0 Å². The third kappa shape index (κ3) is 11.1. The summed E-state index contributed by atoms with van der Waals surface area (Å²) in [6, 6.07) is 31.8. The number of ether oxygens (including phenoxy) is 3. The van der Waals surface area contributed by atoms with E-state index in [9.17, 15) is 32.3 Å². The molecule has 0 aromatic heterocycles. The molecule has 5 rings (SSSR count). The minimum absolute atomic E-state index is 0.00683. The normalized spacial score (nSPS) is 11.1. The number of hydrogen-bond donors (Lipinski definition) is 1. The summed E-state index contributed by atoms with van der Waals surface area (Å²) < 4.78 is 55.8. The van der Waals surface area contributed by atoms with Crippen LogP contribution in [0.2, 0.25) is 0 Å². The molecule has 0 unspecified atom stereocenters. The van der Waals surface area contributed by atoms with Gasteiger partial charge in [-0.3, -0.25) is 14.4 Å². The van der Waals surface area contributed by atoms with Crippen LogP contribution >= 0.6 is 0 Å². The highest BCUT2D eigenvalue weighted by Gasteiger charge is 2.30. The highest BCUT2D eigenvalue weighted by molar-refractivity contribution is 6.11.